The largest absolute Gasteiger partial charge is 0.298 e. The van der Waals surface area contributed by atoms with Crippen LogP contribution in [0.3, 0.4) is 0 Å². The van der Waals surface area contributed by atoms with Crippen molar-refractivity contribution >= 4 is 23.6 Å². The predicted octanol–water partition coefficient (Wildman–Crippen LogP) is 4.68. The molecule has 0 saturated carbocycles. The van der Waals surface area contributed by atoms with Crippen molar-refractivity contribution in [3.05, 3.63) is 104 Å². The number of carbonyl (C=O) groups is 4. The van der Waals surface area contributed by atoms with E-state index in [1.807, 2.05) is 13.0 Å². The molecule has 4 nitrogen and oxygen atoms in total. The molecule has 0 unspecified atom stereocenters. The molecule has 0 bridgehead atoms. The van der Waals surface area contributed by atoms with Crippen molar-refractivity contribution in [3.8, 4) is 0 Å². The SMILES string of the molecule is CC(=O)c1c(C)cc2c(c1Cc1c(C)cccc1C=O)C(=O)c1ccccc1C2=O. The Kier molecular flexibility index (Phi) is 4.78. The smallest absolute Gasteiger partial charge is 0.194 e. The fraction of sp³-hybridized carbons (Fsp3) is 0.154. The maximum absolute atomic E-state index is 13.5. The molecule has 148 valence electrons. The number of Topliss-reactive ketones (excluding diaryl/α,β-unsaturated/α-hetero) is 1. The standard InChI is InChI=1S/C26H20O4/c1-14-7-6-8-17(13-27)20(14)12-21-23(16(3)28)15(2)11-22-24(21)26(30)19-10-5-4-9-18(19)25(22)29/h4-11,13H,12H2,1-3H3. The van der Waals surface area contributed by atoms with Gasteiger partial charge in [0.25, 0.3) is 0 Å². The monoisotopic (exact) mass is 396 g/mol. The van der Waals surface area contributed by atoms with Crippen LogP contribution in [0.15, 0.2) is 48.5 Å². The lowest BCUT2D eigenvalue weighted by Crippen LogP contribution is -2.25. The van der Waals surface area contributed by atoms with Crippen LogP contribution in [0.25, 0.3) is 0 Å². The number of rotatable bonds is 4. The number of benzene rings is 3. The summed E-state index contributed by atoms with van der Waals surface area (Å²) in [5.41, 5.74) is 5.06. The van der Waals surface area contributed by atoms with E-state index in [4.69, 9.17) is 0 Å². The van der Waals surface area contributed by atoms with Crippen LogP contribution in [-0.2, 0) is 6.42 Å². The van der Waals surface area contributed by atoms with Gasteiger partial charge in [0.2, 0.25) is 0 Å². The van der Waals surface area contributed by atoms with Crippen LogP contribution in [0, 0.1) is 13.8 Å². The summed E-state index contributed by atoms with van der Waals surface area (Å²) in [6.07, 6.45) is 1.00. The molecule has 0 N–H and O–H groups in total. The van der Waals surface area contributed by atoms with Crippen molar-refractivity contribution in [1.29, 1.82) is 0 Å². The Morgan fingerprint density at radius 3 is 2.13 bits per heavy atom. The summed E-state index contributed by atoms with van der Waals surface area (Å²) in [5, 5.41) is 0. The molecular weight excluding hydrogens is 376 g/mol. The second kappa shape index (κ2) is 7.30. The third-order valence-electron chi connectivity index (χ3n) is 5.80. The first-order valence-corrected chi connectivity index (χ1v) is 9.74. The number of carbonyl (C=O) groups excluding carboxylic acids is 4. The molecule has 3 aromatic rings. The van der Waals surface area contributed by atoms with Crippen LogP contribution in [0.4, 0.5) is 0 Å². The normalized spacial score (nSPS) is 12.4. The highest BCUT2D eigenvalue weighted by Gasteiger charge is 2.34. The van der Waals surface area contributed by atoms with Gasteiger partial charge in [-0.3, -0.25) is 19.2 Å². The lowest BCUT2D eigenvalue weighted by molar-refractivity contribution is 0.0976. The fourth-order valence-corrected chi connectivity index (χ4v) is 4.40. The molecule has 0 amide bonds. The van der Waals surface area contributed by atoms with Gasteiger partial charge < -0.3 is 0 Å². The topological polar surface area (TPSA) is 68.3 Å². The Balaban J connectivity index is 2.05. The molecule has 3 aromatic carbocycles. The molecule has 0 atom stereocenters. The van der Waals surface area contributed by atoms with Gasteiger partial charge in [0, 0.05) is 33.4 Å². The average molecular weight is 396 g/mol. The number of aryl methyl sites for hydroxylation is 2. The first kappa shape index (κ1) is 19.6. The molecule has 0 heterocycles. The zero-order valence-electron chi connectivity index (χ0n) is 17.0. The van der Waals surface area contributed by atoms with Crippen LogP contribution in [0.5, 0.6) is 0 Å². The summed E-state index contributed by atoms with van der Waals surface area (Å²) in [6.45, 7) is 5.12. The zero-order chi connectivity index (χ0) is 21.6. The van der Waals surface area contributed by atoms with Crippen molar-refractivity contribution in [2.24, 2.45) is 0 Å². The lowest BCUT2D eigenvalue weighted by Gasteiger charge is -2.24. The molecule has 30 heavy (non-hydrogen) atoms. The second-order valence-corrected chi connectivity index (χ2v) is 7.67. The molecule has 0 radical (unpaired) electrons. The third kappa shape index (κ3) is 2.92. The molecule has 1 aliphatic rings. The minimum atomic E-state index is -0.265. The molecule has 0 fully saturated rings. The van der Waals surface area contributed by atoms with E-state index < -0.39 is 0 Å². The summed E-state index contributed by atoms with van der Waals surface area (Å²) in [4.78, 5) is 50.9. The molecular formula is C26H20O4. The van der Waals surface area contributed by atoms with E-state index in [9.17, 15) is 19.2 Å². The Morgan fingerprint density at radius 2 is 1.50 bits per heavy atom. The minimum absolute atomic E-state index is 0.175. The number of hydrogen-bond acceptors (Lipinski definition) is 4. The van der Waals surface area contributed by atoms with Crippen molar-refractivity contribution in [1.82, 2.24) is 0 Å². The molecule has 1 aliphatic carbocycles. The van der Waals surface area contributed by atoms with Crippen LogP contribution in [0.1, 0.15) is 81.7 Å². The Bertz CT molecular complexity index is 1260. The van der Waals surface area contributed by atoms with Gasteiger partial charge in [-0.25, -0.2) is 0 Å². The summed E-state index contributed by atoms with van der Waals surface area (Å²) >= 11 is 0. The maximum Gasteiger partial charge on any atom is 0.194 e. The van der Waals surface area contributed by atoms with Gasteiger partial charge in [-0.2, -0.15) is 0 Å². The van der Waals surface area contributed by atoms with E-state index >= 15 is 0 Å². The van der Waals surface area contributed by atoms with Gasteiger partial charge >= 0.3 is 0 Å². The van der Waals surface area contributed by atoms with Crippen LogP contribution >= 0.6 is 0 Å². The van der Waals surface area contributed by atoms with E-state index in [1.54, 1.807) is 49.4 Å². The van der Waals surface area contributed by atoms with Crippen LogP contribution in [-0.4, -0.2) is 23.6 Å². The minimum Gasteiger partial charge on any atom is -0.298 e. The predicted molar refractivity (Wildman–Crippen MR) is 114 cm³/mol. The van der Waals surface area contributed by atoms with E-state index in [2.05, 4.69) is 0 Å². The fourth-order valence-electron chi connectivity index (χ4n) is 4.40. The Hall–Kier alpha value is -3.66. The lowest BCUT2D eigenvalue weighted by atomic mass is 9.76. The quantitative estimate of drug-likeness (QED) is 0.371. The highest BCUT2D eigenvalue weighted by atomic mass is 16.1. The van der Waals surface area contributed by atoms with Gasteiger partial charge in [0.05, 0.1) is 0 Å². The third-order valence-corrected chi connectivity index (χ3v) is 5.80. The number of ketones is 3. The summed E-state index contributed by atoms with van der Waals surface area (Å²) in [7, 11) is 0. The van der Waals surface area contributed by atoms with E-state index in [0.29, 0.717) is 38.9 Å². The number of hydrogen-bond donors (Lipinski definition) is 0. The molecule has 0 aliphatic heterocycles. The molecule has 0 spiro atoms. The maximum atomic E-state index is 13.5. The number of fused-ring (bicyclic) bond motifs is 2. The Labute approximate surface area is 174 Å². The van der Waals surface area contributed by atoms with Gasteiger partial charge in [-0.1, -0.05) is 42.5 Å². The Morgan fingerprint density at radius 1 is 0.833 bits per heavy atom. The molecule has 0 saturated heterocycles. The van der Waals surface area contributed by atoms with Crippen LogP contribution < -0.4 is 0 Å². The highest BCUT2D eigenvalue weighted by Crippen LogP contribution is 2.35. The van der Waals surface area contributed by atoms with E-state index in [0.717, 1.165) is 17.4 Å². The molecule has 4 heteroatoms. The highest BCUT2D eigenvalue weighted by molar-refractivity contribution is 6.29. The van der Waals surface area contributed by atoms with Gasteiger partial charge in [0.1, 0.15) is 6.29 Å². The van der Waals surface area contributed by atoms with Crippen LogP contribution in [0.2, 0.25) is 0 Å². The second-order valence-electron chi connectivity index (χ2n) is 7.67. The van der Waals surface area contributed by atoms with Gasteiger partial charge in [0.15, 0.2) is 17.3 Å². The summed E-state index contributed by atoms with van der Waals surface area (Å²) in [5.74, 6) is -0.662. The van der Waals surface area contributed by atoms with Gasteiger partial charge in [-0.05, 0) is 55.5 Å². The van der Waals surface area contributed by atoms with Crippen molar-refractivity contribution in [3.63, 3.8) is 0 Å². The average Bonchev–Trinajstić information content (AvgIpc) is 2.72. The van der Waals surface area contributed by atoms with Crippen molar-refractivity contribution < 1.29 is 19.2 Å². The van der Waals surface area contributed by atoms with E-state index in [-0.39, 0.29) is 29.3 Å². The summed E-state index contributed by atoms with van der Waals surface area (Å²) < 4.78 is 0. The zero-order valence-corrected chi connectivity index (χ0v) is 17.0. The summed E-state index contributed by atoms with van der Waals surface area (Å²) in [6, 6.07) is 13.8. The molecule has 0 aromatic heterocycles. The first-order valence-electron chi connectivity index (χ1n) is 9.74. The van der Waals surface area contributed by atoms with Crippen molar-refractivity contribution in [2.75, 3.05) is 0 Å². The van der Waals surface area contributed by atoms with Crippen molar-refractivity contribution in [2.45, 2.75) is 27.2 Å². The molecule has 4 rings (SSSR count). The number of aldehydes is 1. The van der Waals surface area contributed by atoms with E-state index in [1.165, 1.54) is 6.92 Å². The first-order chi connectivity index (χ1) is 14.3. The van der Waals surface area contributed by atoms with Gasteiger partial charge in [-0.15, -0.1) is 0 Å².